The molecule has 1 unspecified atom stereocenters. The van der Waals surface area contributed by atoms with E-state index in [-0.39, 0.29) is 12.6 Å². The van der Waals surface area contributed by atoms with Gasteiger partial charge in [0.05, 0.1) is 12.2 Å². The molecule has 92 valence electrons. The number of rotatable bonds is 6. The number of para-hydroxylation sites is 1. The van der Waals surface area contributed by atoms with Crippen LogP contribution in [0.2, 0.25) is 0 Å². The lowest BCUT2D eigenvalue weighted by atomic mass is 10.2. The summed E-state index contributed by atoms with van der Waals surface area (Å²) in [4.78, 5) is 2.01. The third kappa shape index (κ3) is 4.06. The van der Waals surface area contributed by atoms with Crippen LogP contribution in [0.3, 0.4) is 0 Å². The lowest BCUT2D eigenvalue weighted by molar-refractivity contribution is 0.140. The van der Waals surface area contributed by atoms with Gasteiger partial charge in [-0.05, 0) is 26.1 Å². The monoisotopic (exact) mass is 234 g/mol. The standard InChI is InChI=1S/C13H18N2O2/c1-11(10-16)15(2)7-8-17-13-6-4-3-5-12(13)9-14/h3-6,11,16H,7-8,10H2,1-2H3. The topological polar surface area (TPSA) is 56.5 Å². The van der Waals surface area contributed by atoms with E-state index < -0.39 is 0 Å². The minimum Gasteiger partial charge on any atom is -0.491 e. The molecule has 1 aromatic carbocycles. The number of benzene rings is 1. The molecule has 17 heavy (non-hydrogen) atoms. The van der Waals surface area contributed by atoms with Gasteiger partial charge in [-0.2, -0.15) is 5.26 Å². The van der Waals surface area contributed by atoms with Crippen molar-refractivity contribution in [2.24, 2.45) is 0 Å². The molecule has 1 N–H and O–H groups in total. The van der Waals surface area contributed by atoms with Gasteiger partial charge in [-0.25, -0.2) is 0 Å². The second-order valence-corrected chi connectivity index (χ2v) is 3.97. The molecule has 0 fully saturated rings. The summed E-state index contributed by atoms with van der Waals surface area (Å²) in [5, 5.41) is 17.9. The number of nitrogens with zero attached hydrogens (tertiary/aromatic N) is 2. The van der Waals surface area contributed by atoms with E-state index in [0.29, 0.717) is 24.5 Å². The van der Waals surface area contributed by atoms with Crippen LogP contribution in [0.25, 0.3) is 0 Å². The molecule has 0 radical (unpaired) electrons. The molecule has 1 rings (SSSR count). The Morgan fingerprint density at radius 1 is 1.47 bits per heavy atom. The molecule has 0 bridgehead atoms. The van der Waals surface area contributed by atoms with Crippen LogP contribution in [-0.4, -0.2) is 42.9 Å². The maximum Gasteiger partial charge on any atom is 0.137 e. The van der Waals surface area contributed by atoms with Gasteiger partial charge >= 0.3 is 0 Å². The molecule has 0 aliphatic rings. The number of aliphatic hydroxyl groups is 1. The fraction of sp³-hybridized carbons (Fsp3) is 0.462. The zero-order valence-electron chi connectivity index (χ0n) is 10.3. The quantitative estimate of drug-likeness (QED) is 0.805. The maximum atomic E-state index is 8.98. The summed E-state index contributed by atoms with van der Waals surface area (Å²) in [6.07, 6.45) is 0. The first kappa shape index (κ1) is 13.5. The first-order valence-electron chi connectivity index (χ1n) is 5.62. The van der Waals surface area contributed by atoms with Crippen LogP contribution < -0.4 is 4.74 Å². The van der Waals surface area contributed by atoms with Gasteiger partial charge in [0.2, 0.25) is 0 Å². The summed E-state index contributed by atoms with van der Waals surface area (Å²) in [5.41, 5.74) is 0.547. The molecular formula is C13H18N2O2. The average Bonchev–Trinajstić information content (AvgIpc) is 2.38. The molecule has 1 aromatic rings. The zero-order valence-corrected chi connectivity index (χ0v) is 10.3. The number of ether oxygens (including phenoxy) is 1. The predicted molar refractivity (Wildman–Crippen MR) is 65.8 cm³/mol. The van der Waals surface area contributed by atoms with Gasteiger partial charge in [-0.15, -0.1) is 0 Å². The molecule has 0 saturated carbocycles. The van der Waals surface area contributed by atoms with Crippen molar-refractivity contribution in [1.82, 2.24) is 4.90 Å². The molecule has 4 heteroatoms. The van der Waals surface area contributed by atoms with Crippen molar-refractivity contribution < 1.29 is 9.84 Å². The number of hydrogen-bond donors (Lipinski definition) is 1. The predicted octanol–water partition coefficient (Wildman–Crippen LogP) is 1.25. The van der Waals surface area contributed by atoms with E-state index in [2.05, 4.69) is 6.07 Å². The largest absolute Gasteiger partial charge is 0.491 e. The highest BCUT2D eigenvalue weighted by atomic mass is 16.5. The van der Waals surface area contributed by atoms with Gasteiger partial charge in [-0.3, -0.25) is 4.90 Å². The van der Waals surface area contributed by atoms with E-state index in [1.807, 2.05) is 31.0 Å². The zero-order chi connectivity index (χ0) is 12.7. The van der Waals surface area contributed by atoms with Crippen LogP contribution in [-0.2, 0) is 0 Å². The van der Waals surface area contributed by atoms with Gasteiger partial charge in [-0.1, -0.05) is 12.1 Å². The Balaban J connectivity index is 2.44. The fourth-order valence-corrected chi connectivity index (χ4v) is 1.34. The van der Waals surface area contributed by atoms with E-state index in [1.165, 1.54) is 0 Å². The molecule has 0 aliphatic heterocycles. The van der Waals surface area contributed by atoms with Crippen LogP contribution in [0.15, 0.2) is 24.3 Å². The molecule has 0 saturated heterocycles. The molecular weight excluding hydrogens is 216 g/mol. The highest BCUT2D eigenvalue weighted by molar-refractivity contribution is 5.42. The second kappa shape index (κ2) is 6.89. The maximum absolute atomic E-state index is 8.98. The second-order valence-electron chi connectivity index (χ2n) is 3.97. The highest BCUT2D eigenvalue weighted by Gasteiger charge is 2.08. The number of likely N-dealkylation sites (N-methyl/N-ethyl adjacent to an activating group) is 1. The van der Waals surface area contributed by atoms with Crippen molar-refractivity contribution in [3.8, 4) is 11.8 Å². The molecule has 0 amide bonds. The first-order valence-corrected chi connectivity index (χ1v) is 5.62. The van der Waals surface area contributed by atoms with Gasteiger partial charge in [0.25, 0.3) is 0 Å². The normalized spacial score (nSPS) is 12.2. The Labute approximate surface area is 102 Å². The van der Waals surface area contributed by atoms with E-state index >= 15 is 0 Å². The van der Waals surface area contributed by atoms with Crippen molar-refractivity contribution >= 4 is 0 Å². The highest BCUT2D eigenvalue weighted by Crippen LogP contribution is 2.16. The van der Waals surface area contributed by atoms with E-state index in [1.54, 1.807) is 12.1 Å². The Morgan fingerprint density at radius 2 is 2.18 bits per heavy atom. The van der Waals surface area contributed by atoms with Gasteiger partial charge in [0, 0.05) is 12.6 Å². The first-order chi connectivity index (χ1) is 8.19. The fourth-order valence-electron chi connectivity index (χ4n) is 1.34. The number of nitriles is 1. The van der Waals surface area contributed by atoms with Crippen LogP contribution >= 0.6 is 0 Å². The number of aliphatic hydroxyl groups excluding tert-OH is 1. The van der Waals surface area contributed by atoms with E-state index in [9.17, 15) is 0 Å². The lowest BCUT2D eigenvalue weighted by Gasteiger charge is -2.22. The van der Waals surface area contributed by atoms with Gasteiger partial charge < -0.3 is 9.84 Å². The third-order valence-corrected chi connectivity index (χ3v) is 2.73. The Kier molecular flexibility index (Phi) is 5.47. The van der Waals surface area contributed by atoms with Crippen LogP contribution in [0, 0.1) is 11.3 Å². The van der Waals surface area contributed by atoms with Crippen LogP contribution in [0.1, 0.15) is 12.5 Å². The minimum absolute atomic E-state index is 0.116. The molecule has 0 aliphatic carbocycles. The van der Waals surface area contributed by atoms with Gasteiger partial charge in [0.15, 0.2) is 0 Å². The van der Waals surface area contributed by atoms with Crippen LogP contribution in [0.4, 0.5) is 0 Å². The Morgan fingerprint density at radius 3 is 2.82 bits per heavy atom. The summed E-state index contributed by atoms with van der Waals surface area (Å²) in [7, 11) is 1.93. The summed E-state index contributed by atoms with van der Waals surface area (Å²) >= 11 is 0. The average molecular weight is 234 g/mol. The molecule has 1 atom stereocenters. The minimum atomic E-state index is 0.116. The molecule has 0 spiro atoms. The lowest BCUT2D eigenvalue weighted by Crippen LogP contribution is -2.35. The van der Waals surface area contributed by atoms with E-state index in [4.69, 9.17) is 15.1 Å². The van der Waals surface area contributed by atoms with Crippen molar-refractivity contribution in [3.05, 3.63) is 29.8 Å². The SMILES string of the molecule is CC(CO)N(C)CCOc1ccccc1C#N. The summed E-state index contributed by atoms with van der Waals surface area (Å²) in [6.45, 7) is 3.29. The number of hydrogen-bond acceptors (Lipinski definition) is 4. The molecule has 0 heterocycles. The van der Waals surface area contributed by atoms with Crippen molar-refractivity contribution in [2.75, 3.05) is 26.8 Å². The summed E-state index contributed by atoms with van der Waals surface area (Å²) in [5.74, 6) is 0.611. The summed E-state index contributed by atoms with van der Waals surface area (Å²) < 4.78 is 5.55. The van der Waals surface area contributed by atoms with E-state index in [0.717, 1.165) is 0 Å². The Bertz CT molecular complexity index is 387. The van der Waals surface area contributed by atoms with Crippen molar-refractivity contribution in [3.63, 3.8) is 0 Å². The third-order valence-electron chi connectivity index (χ3n) is 2.73. The molecule has 4 nitrogen and oxygen atoms in total. The molecule has 0 aromatic heterocycles. The van der Waals surface area contributed by atoms with Crippen LogP contribution in [0.5, 0.6) is 5.75 Å². The van der Waals surface area contributed by atoms with Gasteiger partial charge in [0.1, 0.15) is 18.4 Å². The summed E-state index contributed by atoms with van der Waals surface area (Å²) in [6, 6.07) is 9.38. The Hall–Kier alpha value is -1.57. The van der Waals surface area contributed by atoms with Crippen molar-refractivity contribution in [2.45, 2.75) is 13.0 Å². The van der Waals surface area contributed by atoms with Crippen molar-refractivity contribution in [1.29, 1.82) is 5.26 Å². The smallest absolute Gasteiger partial charge is 0.137 e.